The first-order valence-corrected chi connectivity index (χ1v) is 33.2. The largest absolute Gasteiger partial charge is 0.454 e. The maximum Gasteiger partial charge on any atom is 0.306 e. The Bertz CT molecular complexity index is 1750. The molecule has 0 spiro atoms. The molecule has 8 atom stereocenters. The first-order valence-electron chi connectivity index (χ1n) is 33.2. The van der Waals surface area contributed by atoms with E-state index in [1.807, 2.05) is 12.2 Å². The van der Waals surface area contributed by atoms with Gasteiger partial charge < -0.3 is 45.1 Å². The number of amides is 1. The SMILES string of the molecule is CCCCC/C=C\C/C=C\C/C=C\C/C=C\CCCCCCCCCCC(O)C(=O)NC(COC1OC(CO)C(O)C(O)C1OC(=O)CCC/C=C\C/C=C\C/C=C\C/C=C\CCCCC)C(O)/C=C/CCCCCCCCCCCC. The predicted molar refractivity (Wildman–Crippen MR) is 342 cm³/mol. The van der Waals surface area contributed by atoms with Gasteiger partial charge in [-0.25, -0.2) is 0 Å². The quantitative estimate of drug-likeness (QED) is 0.0195. The summed E-state index contributed by atoms with van der Waals surface area (Å²) in [5.74, 6) is -1.26. The van der Waals surface area contributed by atoms with Gasteiger partial charge in [-0.05, 0) is 109 Å². The van der Waals surface area contributed by atoms with Gasteiger partial charge in [0.25, 0.3) is 0 Å². The van der Waals surface area contributed by atoms with Crippen molar-refractivity contribution in [1.29, 1.82) is 0 Å². The maximum absolute atomic E-state index is 13.5. The normalized spacial score (nSPS) is 19.3. The van der Waals surface area contributed by atoms with Crippen molar-refractivity contribution in [3.63, 3.8) is 0 Å². The van der Waals surface area contributed by atoms with Crippen molar-refractivity contribution >= 4 is 11.9 Å². The first kappa shape index (κ1) is 76.3. The number of nitrogens with one attached hydrogen (secondary N) is 1. The average Bonchev–Trinajstić information content (AvgIpc) is 3.68. The van der Waals surface area contributed by atoms with Gasteiger partial charge in [-0.3, -0.25) is 9.59 Å². The lowest BCUT2D eigenvalue weighted by Gasteiger charge is -2.41. The lowest BCUT2D eigenvalue weighted by Crippen LogP contribution is -2.61. The van der Waals surface area contributed by atoms with Crippen molar-refractivity contribution in [2.75, 3.05) is 13.2 Å². The van der Waals surface area contributed by atoms with Crippen LogP contribution in [0.2, 0.25) is 0 Å². The summed E-state index contributed by atoms with van der Waals surface area (Å²) in [7, 11) is 0. The third-order valence-corrected chi connectivity index (χ3v) is 14.9. The number of rotatable bonds is 55. The summed E-state index contributed by atoms with van der Waals surface area (Å²) < 4.78 is 17.6. The van der Waals surface area contributed by atoms with Crippen LogP contribution in [0.5, 0.6) is 0 Å². The van der Waals surface area contributed by atoms with Gasteiger partial charge in [0.1, 0.15) is 24.4 Å². The second-order valence-electron chi connectivity index (χ2n) is 22.5. The fourth-order valence-electron chi connectivity index (χ4n) is 9.63. The molecule has 0 bridgehead atoms. The van der Waals surface area contributed by atoms with Gasteiger partial charge in [-0.1, -0.05) is 259 Å². The van der Waals surface area contributed by atoms with E-state index in [0.29, 0.717) is 19.3 Å². The standard InChI is InChI=1S/C71H121NO10/c1-4-7-10-13-16-19-22-25-27-29-30-31-32-33-34-35-37-38-40-43-46-49-52-55-58-64(75)70(79)72-62(63(74)57-54-51-48-45-42-24-21-18-15-12-9-6-3)61-80-71-69(68(78)67(77)65(60-73)81-71)82-66(76)59-56-53-50-47-44-41-39-36-28-26-23-20-17-14-11-8-5-2/h16-17,19-20,25-28,30-31,33-34,39,41,47,50,54,57,62-65,67-69,71,73-75,77-78H,4-15,18,21-24,29,32,35-38,40,42-46,48-49,51-53,55-56,58-61H2,1-3H3,(H,72,79)/b19-16-,20-17-,27-25-,28-26-,31-30-,34-33-,41-39-,50-47-,57-54+. The number of aliphatic hydroxyl groups is 5. The Kier molecular flexibility index (Phi) is 53.7. The summed E-state index contributed by atoms with van der Waals surface area (Å²) in [5.41, 5.74) is 0. The van der Waals surface area contributed by atoms with E-state index in [2.05, 4.69) is 117 Å². The minimum Gasteiger partial charge on any atom is -0.454 e. The molecule has 0 aromatic rings. The van der Waals surface area contributed by atoms with Gasteiger partial charge in [0, 0.05) is 6.42 Å². The number of allylic oxidation sites excluding steroid dienone is 17. The zero-order chi connectivity index (χ0) is 59.6. The molecule has 1 saturated heterocycles. The van der Waals surface area contributed by atoms with Gasteiger partial charge in [0.15, 0.2) is 12.4 Å². The van der Waals surface area contributed by atoms with Crippen molar-refractivity contribution in [2.24, 2.45) is 0 Å². The number of carbonyl (C=O) groups is 2. The van der Waals surface area contributed by atoms with E-state index in [0.717, 1.165) is 103 Å². The molecule has 1 amide bonds. The molecular formula is C71H121NO10. The van der Waals surface area contributed by atoms with Crippen LogP contribution in [-0.2, 0) is 23.8 Å². The number of hydrogen-bond acceptors (Lipinski definition) is 10. The molecule has 1 fully saturated rings. The Balaban J connectivity index is 2.67. The molecule has 0 aliphatic carbocycles. The Morgan fingerprint density at radius 2 is 0.841 bits per heavy atom. The predicted octanol–water partition coefficient (Wildman–Crippen LogP) is 16.4. The molecule has 8 unspecified atom stereocenters. The third-order valence-electron chi connectivity index (χ3n) is 14.9. The summed E-state index contributed by atoms with van der Waals surface area (Å²) in [6.45, 7) is 5.70. The lowest BCUT2D eigenvalue weighted by molar-refractivity contribution is -0.305. The molecule has 1 aliphatic heterocycles. The molecule has 1 aliphatic rings. The minimum absolute atomic E-state index is 0.0421. The van der Waals surface area contributed by atoms with Crippen LogP contribution in [0.1, 0.15) is 265 Å². The second-order valence-corrected chi connectivity index (χ2v) is 22.5. The first-order chi connectivity index (χ1) is 40.2. The van der Waals surface area contributed by atoms with Crippen LogP contribution in [0.15, 0.2) is 109 Å². The summed E-state index contributed by atoms with van der Waals surface area (Å²) in [5, 5.41) is 57.1. The highest BCUT2D eigenvalue weighted by molar-refractivity contribution is 5.80. The molecule has 11 heteroatoms. The smallest absolute Gasteiger partial charge is 0.306 e. The van der Waals surface area contributed by atoms with Crippen LogP contribution in [-0.4, -0.2) is 99.6 Å². The summed E-state index contributed by atoms with van der Waals surface area (Å²) in [6.07, 6.45) is 68.4. The van der Waals surface area contributed by atoms with Crippen LogP contribution in [0.4, 0.5) is 0 Å². The van der Waals surface area contributed by atoms with Crippen LogP contribution in [0.3, 0.4) is 0 Å². The molecule has 0 saturated carbocycles. The van der Waals surface area contributed by atoms with Gasteiger partial charge in [-0.15, -0.1) is 0 Å². The molecule has 1 rings (SSSR count). The second kappa shape index (κ2) is 57.7. The average molecular weight is 1150 g/mol. The van der Waals surface area contributed by atoms with Crippen molar-refractivity contribution in [3.8, 4) is 0 Å². The van der Waals surface area contributed by atoms with E-state index in [-0.39, 0.29) is 19.4 Å². The molecule has 11 nitrogen and oxygen atoms in total. The van der Waals surface area contributed by atoms with Gasteiger partial charge in [0.2, 0.25) is 5.91 Å². The van der Waals surface area contributed by atoms with Crippen LogP contribution in [0.25, 0.3) is 0 Å². The highest BCUT2D eigenvalue weighted by Gasteiger charge is 2.47. The molecular weight excluding hydrogens is 1030 g/mol. The number of ether oxygens (including phenoxy) is 3. The van der Waals surface area contributed by atoms with E-state index in [4.69, 9.17) is 14.2 Å². The third kappa shape index (κ3) is 44.8. The number of aliphatic hydroxyl groups excluding tert-OH is 5. The summed E-state index contributed by atoms with van der Waals surface area (Å²) in [6, 6.07) is -1.05. The number of hydrogen-bond donors (Lipinski definition) is 6. The molecule has 470 valence electrons. The van der Waals surface area contributed by atoms with Crippen molar-refractivity contribution in [2.45, 2.75) is 314 Å². The van der Waals surface area contributed by atoms with Crippen molar-refractivity contribution in [1.82, 2.24) is 5.32 Å². The molecule has 0 aromatic carbocycles. The molecule has 82 heavy (non-hydrogen) atoms. The molecule has 1 heterocycles. The van der Waals surface area contributed by atoms with Crippen molar-refractivity contribution in [3.05, 3.63) is 109 Å². The lowest BCUT2D eigenvalue weighted by atomic mass is 9.99. The molecule has 0 aromatic heterocycles. The summed E-state index contributed by atoms with van der Waals surface area (Å²) in [4.78, 5) is 26.6. The van der Waals surface area contributed by atoms with E-state index >= 15 is 0 Å². The number of esters is 1. The van der Waals surface area contributed by atoms with E-state index in [1.165, 1.54) is 109 Å². The van der Waals surface area contributed by atoms with Crippen LogP contribution >= 0.6 is 0 Å². The van der Waals surface area contributed by atoms with Crippen LogP contribution < -0.4 is 5.32 Å². The van der Waals surface area contributed by atoms with Crippen LogP contribution in [0, 0.1) is 0 Å². The highest BCUT2D eigenvalue weighted by atomic mass is 16.7. The van der Waals surface area contributed by atoms with E-state index < -0.39 is 67.4 Å². The monoisotopic (exact) mass is 1150 g/mol. The van der Waals surface area contributed by atoms with Gasteiger partial charge in [-0.2, -0.15) is 0 Å². The zero-order valence-electron chi connectivity index (χ0n) is 52.1. The van der Waals surface area contributed by atoms with E-state index in [1.54, 1.807) is 6.08 Å². The molecule has 0 radical (unpaired) electrons. The van der Waals surface area contributed by atoms with Gasteiger partial charge in [0.05, 0.1) is 25.4 Å². The number of unbranched alkanes of at least 4 members (excludes halogenated alkanes) is 25. The minimum atomic E-state index is -1.64. The van der Waals surface area contributed by atoms with Crippen molar-refractivity contribution < 1.29 is 49.3 Å². The Morgan fingerprint density at radius 1 is 0.476 bits per heavy atom. The fraction of sp³-hybridized carbons (Fsp3) is 0.718. The van der Waals surface area contributed by atoms with E-state index in [9.17, 15) is 35.1 Å². The Labute approximate surface area is 500 Å². The summed E-state index contributed by atoms with van der Waals surface area (Å²) >= 11 is 0. The Hall–Kier alpha value is -3.68. The molecule has 6 N–H and O–H groups in total. The zero-order valence-corrected chi connectivity index (χ0v) is 52.1. The highest BCUT2D eigenvalue weighted by Crippen LogP contribution is 2.26. The Morgan fingerprint density at radius 3 is 1.28 bits per heavy atom. The fourth-order valence-corrected chi connectivity index (χ4v) is 9.63. The maximum atomic E-state index is 13.5. The van der Waals surface area contributed by atoms with Gasteiger partial charge >= 0.3 is 5.97 Å². The number of carbonyl (C=O) groups excluding carboxylic acids is 2. The topological polar surface area (TPSA) is 175 Å².